The Morgan fingerprint density at radius 1 is 1.11 bits per heavy atom. The Balaban J connectivity index is 1.39. The molecule has 2 aliphatic rings. The second-order valence-electron chi connectivity index (χ2n) is 10.6. The number of hydrogen-bond acceptors (Lipinski definition) is 11. The van der Waals surface area contributed by atoms with Gasteiger partial charge in [0.1, 0.15) is 22.2 Å². The van der Waals surface area contributed by atoms with Crippen molar-refractivity contribution in [1.82, 2.24) is 34.3 Å². The molecular weight excluding hydrogens is 621 g/mol. The normalized spacial score (nSPS) is 19.6. The number of sulfonamides is 1. The minimum Gasteiger partial charge on any atom is -0.497 e. The van der Waals surface area contributed by atoms with Crippen molar-refractivity contribution in [2.24, 2.45) is 4.99 Å². The van der Waals surface area contributed by atoms with Gasteiger partial charge in [-0.2, -0.15) is 10.1 Å². The zero-order valence-corrected chi connectivity index (χ0v) is 26.5. The Labute approximate surface area is 263 Å². The van der Waals surface area contributed by atoms with Gasteiger partial charge in [-0.15, -0.1) is 16.6 Å². The van der Waals surface area contributed by atoms with Crippen molar-refractivity contribution in [1.29, 1.82) is 0 Å². The van der Waals surface area contributed by atoms with Crippen LogP contribution in [0.4, 0.5) is 5.82 Å². The maximum Gasteiger partial charge on any atom is 0.283 e. The number of H-pyrrole nitrogens is 1. The van der Waals surface area contributed by atoms with Gasteiger partial charge >= 0.3 is 0 Å². The van der Waals surface area contributed by atoms with Crippen molar-refractivity contribution in [3.63, 3.8) is 0 Å². The van der Waals surface area contributed by atoms with E-state index in [-0.39, 0.29) is 17.4 Å². The highest BCUT2D eigenvalue weighted by molar-refractivity contribution is 8.01. The van der Waals surface area contributed by atoms with E-state index in [1.54, 1.807) is 38.3 Å². The first-order valence-corrected chi connectivity index (χ1v) is 16.6. The molecule has 14 nitrogen and oxygen atoms in total. The molecule has 0 spiro atoms. The van der Waals surface area contributed by atoms with Crippen LogP contribution in [0.3, 0.4) is 0 Å². The van der Waals surface area contributed by atoms with E-state index in [9.17, 15) is 18.0 Å². The van der Waals surface area contributed by atoms with Gasteiger partial charge in [0.25, 0.3) is 21.5 Å². The van der Waals surface area contributed by atoms with Crippen LogP contribution in [0.2, 0.25) is 0 Å². The highest BCUT2D eigenvalue weighted by atomic mass is 32.2. The van der Waals surface area contributed by atoms with Gasteiger partial charge in [0.05, 0.1) is 20.3 Å². The summed E-state index contributed by atoms with van der Waals surface area (Å²) >= 11 is 1.35. The van der Waals surface area contributed by atoms with Gasteiger partial charge < -0.3 is 9.47 Å². The molecule has 1 amide bonds. The van der Waals surface area contributed by atoms with Crippen molar-refractivity contribution in [3.8, 4) is 5.75 Å². The summed E-state index contributed by atoms with van der Waals surface area (Å²) in [6.07, 6.45) is 1.39. The van der Waals surface area contributed by atoms with Crippen LogP contribution in [0.25, 0.3) is 5.78 Å². The number of fused-ring (bicyclic) bond motifs is 1. The minimum absolute atomic E-state index is 0.0224. The zero-order chi connectivity index (χ0) is 31.7. The molecule has 236 valence electrons. The molecular formula is C29H32N8O6S2. The lowest BCUT2D eigenvalue weighted by atomic mass is 10.1. The topological polar surface area (TPSA) is 164 Å². The van der Waals surface area contributed by atoms with Crippen LogP contribution in [0.5, 0.6) is 5.75 Å². The number of aromatic nitrogens is 4. The Hall–Kier alpha value is -4.09. The number of amides is 1. The van der Waals surface area contributed by atoms with Gasteiger partial charge in [-0.3, -0.25) is 14.5 Å². The van der Waals surface area contributed by atoms with E-state index in [1.165, 1.54) is 18.0 Å². The molecule has 16 heteroatoms. The summed E-state index contributed by atoms with van der Waals surface area (Å²) in [5.41, 5.74) is 1.47. The van der Waals surface area contributed by atoms with E-state index < -0.39 is 37.0 Å². The summed E-state index contributed by atoms with van der Waals surface area (Å²) in [6, 6.07) is 14.4. The molecule has 45 heavy (non-hydrogen) atoms. The lowest BCUT2D eigenvalue weighted by molar-refractivity contribution is -0.132. The number of aromatic amines is 1. The predicted molar refractivity (Wildman–Crippen MR) is 168 cm³/mol. The molecule has 2 N–H and O–H groups in total. The van der Waals surface area contributed by atoms with Crippen LogP contribution < -0.4 is 15.1 Å². The molecule has 2 fully saturated rings. The summed E-state index contributed by atoms with van der Waals surface area (Å²) in [4.78, 5) is 40.1. The Bertz CT molecular complexity index is 1900. The molecule has 6 rings (SSSR count). The first-order chi connectivity index (χ1) is 21.6. The average Bonchev–Trinajstić information content (AvgIpc) is 3.55. The minimum atomic E-state index is -4.71. The molecule has 2 aromatic heterocycles. The third-order valence-electron chi connectivity index (χ3n) is 7.54. The SMILES string of the molecule is COc1ccc(/C=N/c2nc3[nH]nc(C)n3c(=O)c2S(=O)(=O)NN2C(=O)C(CN3CCOCC3)SC2c2ccc(C)cc2)cc1. The zero-order valence-electron chi connectivity index (χ0n) is 24.8. The number of rotatable bonds is 9. The van der Waals surface area contributed by atoms with Crippen LogP contribution in [0.15, 0.2) is 63.2 Å². The molecule has 2 unspecified atom stereocenters. The van der Waals surface area contributed by atoms with Crippen LogP contribution in [-0.4, -0.2) is 95.2 Å². The summed E-state index contributed by atoms with van der Waals surface area (Å²) in [5, 5.41) is 6.51. The lowest BCUT2D eigenvalue weighted by Crippen LogP contribution is -2.49. The fraction of sp³-hybridized carbons (Fsp3) is 0.345. The molecule has 2 atom stereocenters. The number of nitrogens with one attached hydrogen (secondary N) is 2. The summed E-state index contributed by atoms with van der Waals surface area (Å²) in [5.74, 6) is 0.0870. The first-order valence-electron chi connectivity index (χ1n) is 14.2. The lowest BCUT2D eigenvalue weighted by Gasteiger charge is -2.28. The number of aliphatic imine (C=N–C) groups is 1. The van der Waals surface area contributed by atoms with Gasteiger partial charge in [-0.05, 0) is 49.2 Å². The highest BCUT2D eigenvalue weighted by Crippen LogP contribution is 2.43. The number of morpholine rings is 1. The maximum atomic E-state index is 14.2. The highest BCUT2D eigenvalue weighted by Gasteiger charge is 2.45. The van der Waals surface area contributed by atoms with E-state index in [0.29, 0.717) is 44.2 Å². The van der Waals surface area contributed by atoms with Crippen LogP contribution in [0.1, 0.15) is 27.9 Å². The number of hydrazine groups is 1. The van der Waals surface area contributed by atoms with E-state index in [1.807, 2.05) is 31.2 Å². The number of thioether (sulfide) groups is 1. The van der Waals surface area contributed by atoms with Crippen molar-refractivity contribution in [2.45, 2.75) is 29.4 Å². The Morgan fingerprint density at radius 2 is 1.82 bits per heavy atom. The molecule has 0 aliphatic carbocycles. The Morgan fingerprint density at radius 3 is 2.51 bits per heavy atom. The molecule has 0 radical (unpaired) electrons. The quantitative estimate of drug-likeness (QED) is 0.256. The van der Waals surface area contributed by atoms with Crippen LogP contribution in [-0.2, 0) is 19.6 Å². The summed E-state index contributed by atoms with van der Waals surface area (Å²) < 4.78 is 40.0. The predicted octanol–water partition coefficient (Wildman–Crippen LogP) is 1.96. The van der Waals surface area contributed by atoms with Crippen molar-refractivity contribution in [3.05, 3.63) is 81.4 Å². The van der Waals surface area contributed by atoms with Gasteiger partial charge in [0.15, 0.2) is 10.7 Å². The molecule has 2 saturated heterocycles. The second-order valence-corrected chi connectivity index (χ2v) is 13.5. The van der Waals surface area contributed by atoms with E-state index >= 15 is 0 Å². The van der Waals surface area contributed by atoms with Gasteiger partial charge in [-0.1, -0.05) is 29.8 Å². The number of methoxy groups -OCH3 is 1. The van der Waals surface area contributed by atoms with E-state index in [4.69, 9.17) is 9.47 Å². The van der Waals surface area contributed by atoms with Crippen LogP contribution in [0, 0.1) is 13.8 Å². The number of carbonyl (C=O) groups excluding carboxylic acids is 1. The molecule has 4 aromatic rings. The van der Waals surface area contributed by atoms with Crippen molar-refractivity contribution in [2.75, 3.05) is 40.0 Å². The maximum absolute atomic E-state index is 14.2. The van der Waals surface area contributed by atoms with E-state index in [2.05, 4.69) is 29.9 Å². The third kappa shape index (κ3) is 6.37. The number of ether oxygens (including phenoxy) is 2. The Kier molecular flexibility index (Phi) is 8.74. The third-order valence-corrected chi connectivity index (χ3v) is 10.3. The standard InChI is InChI=1S/C29H32N8O6S2/c1-18-4-8-21(9-5-18)28-37(26(38)23(44-28)17-35-12-14-43-15-13-35)34-45(40,41)24-25(30-16-20-6-10-22(42-3)11-7-20)31-29-33-32-19(2)36(29)27(24)39/h4-11,16,23,28,34H,12-15,17H2,1-3H3,(H,31,33)/b30-16+. The summed E-state index contributed by atoms with van der Waals surface area (Å²) in [7, 11) is -3.16. The molecule has 0 bridgehead atoms. The average molecular weight is 653 g/mol. The number of carbonyl (C=O) groups is 1. The largest absolute Gasteiger partial charge is 0.497 e. The molecule has 2 aromatic carbocycles. The smallest absolute Gasteiger partial charge is 0.283 e. The molecule has 2 aliphatic heterocycles. The first kappa shape index (κ1) is 30.9. The van der Waals surface area contributed by atoms with Crippen molar-refractivity contribution < 1.29 is 22.7 Å². The summed E-state index contributed by atoms with van der Waals surface area (Å²) in [6.45, 7) is 6.39. The van der Waals surface area contributed by atoms with Gasteiger partial charge in [0.2, 0.25) is 5.78 Å². The molecule has 4 heterocycles. The number of aryl methyl sites for hydroxylation is 2. The molecule has 0 saturated carbocycles. The van der Waals surface area contributed by atoms with Gasteiger partial charge in [0, 0.05) is 25.8 Å². The number of nitrogens with zero attached hydrogens (tertiary/aromatic N) is 6. The monoisotopic (exact) mass is 652 g/mol. The number of hydrogen-bond donors (Lipinski definition) is 2. The number of benzene rings is 2. The van der Waals surface area contributed by atoms with E-state index in [0.717, 1.165) is 20.5 Å². The van der Waals surface area contributed by atoms with Gasteiger partial charge in [-0.25, -0.2) is 27.9 Å². The fourth-order valence-corrected chi connectivity index (χ4v) is 7.81. The second kappa shape index (κ2) is 12.7. The fourth-order valence-electron chi connectivity index (χ4n) is 5.11. The van der Waals surface area contributed by atoms with Crippen LogP contribution >= 0.6 is 11.8 Å². The van der Waals surface area contributed by atoms with Crippen molar-refractivity contribution >= 4 is 45.5 Å².